The molecular weight excluding hydrogens is 378 g/mol. The van der Waals surface area contributed by atoms with E-state index in [1.54, 1.807) is 0 Å². The summed E-state index contributed by atoms with van der Waals surface area (Å²) in [6.07, 6.45) is 5.85. The topological polar surface area (TPSA) is 57.9 Å². The normalized spacial score (nSPS) is 18.3. The molecule has 0 spiro atoms. The number of aromatic nitrogens is 1. The van der Waals surface area contributed by atoms with E-state index >= 15 is 0 Å². The van der Waals surface area contributed by atoms with Crippen LogP contribution in [0.2, 0.25) is 0 Å². The molecule has 0 atom stereocenters. The molecular formula is C24H35N3O3. The van der Waals surface area contributed by atoms with Crippen molar-refractivity contribution in [3.63, 3.8) is 0 Å². The van der Waals surface area contributed by atoms with Gasteiger partial charge in [0.15, 0.2) is 0 Å². The van der Waals surface area contributed by atoms with Gasteiger partial charge in [0.1, 0.15) is 5.75 Å². The fourth-order valence-corrected chi connectivity index (χ4v) is 4.92. The van der Waals surface area contributed by atoms with E-state index in [0.29, 0.717) is 38.6 Å². The van der Waals surface area contributed by atoms with Crippen molar-refractivity contribution < 1.29 is 14.6 Å². The van der Waals surface area contributed by atoms with E-state index in [0.717, 1.165) is 60.2 Å². The Kier molecular flexibility index (Phi) is 6.64. The van der Waals surface area contributed by atoms with Crippen molar-refractivity contribution in [2.24, 2.45) is 0 Å². The minimum Gasteiger partial charge on any atom is -0.508 e. The SMILES string of the molecule is CCCCn1c(C)c(C(=O)N2CCOCC2)c2c(CN3CCCCC3)c(O)ccc21. The van der Waals surface area contributed by atoms with Crippen molar-refractivity contribution in [1.82, 2.24) is 14.4 Å². The number of morpholine rings is 1. The zero-order valence-electron chi connectivity index (χ0n) is 18.5. The highest BCUT2D eigenvalue weighted by Crippen LogP contribution is 2.36. The molecule has 30 heavy (non-hydrogen) atoms. The summed E-state index contributed by atoms with van der Waals surface area (Å²) in [5.41, 5.74) is 3.76. The molecule has 0 radical (unpaired) electrons. The molecule has 0 saturated carbocycles. The van der Waals surface area contributed by atoms with Crippen molar-refractivity contribution >= 4 is 16.8 Å². The number of phenolic OH excluding ortho intramolecular Hbond substituents is 1. The number of likely N-dealkylation sites (tertiary alicyclic amines) is 1. The Morgan fingerprint density at radius 2 is 1.83 bits per heavy atom. The van der Waals surface area contributed by atoms with Crippen molar-refractivity contribution in [3.8, 4) is 5.75 Å². The zero-order valence-corrected chi connectivity index (χ0v) is 18.5. The van der Waals surface area contributed by atoms with Crippen LogP contribution in [0.5, 0.6) is 5.75 Å². The number of fused-ring (bicyclic) bond motifs is 1. The first-order valence-corrected chi connectivity index (χ1v) is 11.5. The molecule has 2 aliphatic heterocycles. The van der Waals surface area contributed by atoms with Crippen molar-refractivity contribution in [3.05, 3.63) is 29.0 Å². The number of carbonyl (C=O) groups excluding carboxylic acids is 1. The summed E-state index contributed by atoms with van der Waals surface area (Å²) in [4.78, 5) is 18.0. The molecule has 1 aromatic heterocycles. The van der Waals surface area contributed by atoms with E-state index in [1.165, 1.54) is 19.3 Å². The predicted molar refractivity (Wildman–Crippen MR) is 119 cm³/mol. The van der Waals surface area contributed by atoms with Gasteiger partial charge in [-0.15, -0.1) is 0 Å². The van der Waals surface area contributed by atoms with Gasteiger partial charge in [-0.3, -0.25) is 9.69 Å². The molecule has 1 aromatic carbocycles. The fraction of sp³-hybridized carbons (Fsp3) is 0.625. The van der Waals surface area contributed by atoms with Gasteiger partial charge >= 0.3 is 0 Å². The van der Waals surface area contributed by atoms with Gasteiger partial charge in [-0.2, -0.15) is 0 Å². The summed E-state index contributed by atoms with van der Waals surface area (Å²) in [6.45, 7) is 10.4. The molecule has 2 aromatic rings. The van der Waals surface area contributed by atoms with Crippen LogP contribution in [-0.4, -0.2) is 64.8 Å². The monoisotopic (exact) mass is 413 g/mol. The van der Waals surface area contributed by atoms with Gasteiger partial charge in [0.05, 0.1) is 18.8 Å². The number of aryl methyl sites for hydroxylation is 1. The van der Waals surface area contributed by atoms with Gasteiger partial charge in [-0.25, -0.2) is 0 Å². The summed E-state index contributed by atoms with van der Waals surface area (Å²) in [6, 6.07) is 3.80. The maximum absolute atomic E-state index is 13.6. The number of piperidine rings is 1. The molecule has 1 amide bonds. The molecule has 164 valence electrons. The molecule has 6 nitrogen and oxygen atoms in total. The quantitative estimate of drug-likeness (QED) is 0.780. The molecule has 4 rings (SSSR count). The maximum atomic E-state index is 13.6. The number of phenols is 1. The Labute approximate surface area is 179 Å². The molecule has 2 aliphatic rings. The fourth-order valence-electron chi connectivity index (χ4n) is 4.92. The average Bonchev–Trinajstić information content (AvgIpc) is 3.06. The van der Waals surface area contributed by atoms with Gasteiger partial charge in [0.2, 0.25) is 0 Å². The van der Waals surface area contributed by atoms with Gasteiger partial charge in [-0.05, 0) is 51.4 Å². The van der Waals surface area contributed by atoms with Crippen LogP contribution >= 0.6 is 0 Å². The molecule has 1 N–H and O–H groups in total. The molecule has 0 unspecified atom stereocenters. The Bertz CT molecular complexity index is 893. The first kappa shape index (κ1) is 21.2. The van der Waals surface area contributed by atoms with Gasteiger partial charge < -0.3 is 19.3 Å². The number of aromatic hydroxyl groups is 1. The van der Waals surface area contributed by atoms with E-state index in [9.17, 15) is 9.90 Å². The van der Waals surface area contributed by atoms with Crippen molar-refractivity contribution in [1.29, 1.82) is 0 Å². The molecule has 0 bridgehead atoms. The minimum atomic E-state index is 0.0709. The Hall–Kier alpha value is -2.05. The van der Waals surface area contributed by atoms with E-state index in [4.69, 9.17) is 4.74 Å². The Morgan fingerprint density at radius 3 is 2.53 bits per heavy atom. The first-order valence-electron chi connectivity index (χ1n) is 11.5. The number of ether oxygens (including phenoxy) is 1. The van der Waals surface area contributed by atoms with Gasteiger partial charge in [0.25, 0.3) is 5.91 Å². The van der Waals surface area contributed by atoms with Crippen LogP contribution in [0.25, 0.3) is 10.9 Å². The number of unbranched alkanes of at least 4 members (excludes halogenated alkanes) is 1. The summed E-state index contributed by atoms with van der Waals surface area (Å²) >= 11 is 0. The summed E-state index contributed by atoms with van der Waals surface area (Å²) in [5, 5.41) is 11.8. The van der Waals surface area contributed by atoms with Crippen molar-refractivity contribution in [2.45, 2.75) is 59.0 Å². The van der Waals surface area contributed by atoms with Crippen molar-refractivity contribution in [2.75, 3.05) is 39.4 Å². The molecule has 2 fully saturated rings. The third-order valence-corrected chi connectivity index (χ3v) is 6.65. The molecule has 3 heterocycles. The van der Waals surface area contributed by atoms with E-state index in [-0.39, 0.29) is 5.91 Å². The second-order valence-corrected chi connectivity index (χ2v) is 8.66. The number of amides is 1. The van der Waals surface area contributed by atoms with Gasteiger partial charge in [0, 0.05) is 48.3 Å². The molecule has 0 aliphatic carbocycles. The van der Waals surface area contributed by atoms with Gasteiger partial charge in [-0.1, -0.05) is 19.8 Å². The minimum absolute atomic E-state index is 0.0709. The van der Waals surface area contributed by atoms with E-state index in [1.807, 2.05) is 17.0 Å². The van der Waals surface area contributed by atoms with Crippen LogP contribution in [0.15, 0.2) is 12.1 Å². The summed E-state index contributed by atoms with van der Waals surface area (Å²) in [7, 11) is 0. The Morgan fingerprint density at radius 1 is 1.10 bits per heavy atom. The lowest BCUT2D eigenvalue weighted by molar-refractivity contribution is 0.0303. The van der Waals surface area contributed by atoms with E-state index < -0.39 is 0 Å². The van der Waals surface area contributed by atoms with Crippen LogP contribution in [0.3, 0.4) is 0 Å². The lowest BCUT2D eigenvalue weighted by Crippen LogP contribution is -2.41. The predicted octanol–water partition coefficient (Wildman–Crippen LogP) is 3.91. The average molecular weight is 414 g/mol. The lowest BCUT2D eigenvalue weighted by Gasteiger charge is -2.28. The van der Waals surface area contributed by atoms with Crippen LogP contribution in [0.1, 0.15) is 60.6 Å². The molecule has 6 heteroatoms. The number of rotatable bonds is 6. The zero-order chi connectivity index (χ0) is 21.1. The lowest BCUT2D eigenvalue weighted by atomic mass is 10.0. The number of benzene rings is 1. The number of nitrogens with zero attached hydrogens (tertiary/aromatic N) is 3. The number of hydrogen-bond donors (Lipinski definition) is 1. The third kappa shape index (κ3) is 4.08. The van der Waals surface area contributed by atoms with Crippen LogP contribution in [0.4, 0.5) is 0 Å². The van der Waals surface area contributed by atoms with Crippen LogP contribution in [-0.2, 0) is 17.8 Å². The summed E-state index contributed by atoms with van der Waals surface area (Å²) < 4.78 is 7.74. The highest BCUT2D eigenvalue weighted by atomic mass is 16.5. The maximum Gasteiger partial charge on any atom is 0.256 e. The Balaban J connectivity index is 1.83. The van der Waals surface area contributed by atoms with Crippen LogP contribution < -0.4 is 0 Å². The third-order valence-electron chi connectivity index (χ3n) is 6.65. The highest BCUT2D eigenvalue weighted by molar-refractivity contribution is 6.10. The molecule has 2 saturated heterocycles. The van der Waals surface area contributed by atoms with Crippen LogP contribution in [0, 0.1) is 6.92 Å². The second-order valence-electron chi connectivity index (χ2n) is 8.66. The highest BCUT2D eigenvalue weighted by Gasteiger charge is 2.28. The first-order chi connectivity index (χ1) is 14.6. The summed E-state index contributed by atoms with van der Waals surface area (Å²) in [5.74, 6) is 0.373. The number of hydrogen-bond acceptors (Lipinski definition) is 4. The number of carbonyl (C=O) groups is 1. The smallest absolute Gasteiger partial charge is 0.256 e. The standard InChI is InChI=1S/C24H35N3O3/c1-3-4-12-27-18(2)22(24(29)26-13-15-30-16-14-26)23-19(21(28)9-8-20(23)27)17-25-10-6-5-7-11-25/h8-9,28H,3-7,10-17H2,1-2H3. The largest absolute Gasteiger partial charge is 0.508 e. The van der Waals surface area contributed by atoms with E-state index in [2.05, 4.69) is 23.3 Å². The second kappa shape index (κ2) is 9.40.